The van der Waals surface area contributed by atoms with Crippen LogP contribution in [0.15, 0.2) is 84.9 Å². The highest BCUT2D eigenvalue weighted by Gasteiger charge is 2.32. The van der Waals surface area contributed by atoms with Gasteiger partial charge in [0, 0.05) is 55.9 Å². The van der Waals surface area contributed by atoms with Gasteiger partial charge in [-0.1, -0.05) is 62.4 Å². The van der Waals surface area contributed by atoms with E-state index >= 15 is 0 Å². The Balaban J connectivity index is 0.000000224. The van der Waals surface area contributed by atoms with Crippen molar-refractivity contribution < 1.29 is 47.8 Å². The summed E-state index contributed by atoms with van der Waals surface area (Å²) in [6.45, 7) is 11.2. The van der Waals surface area contributed by atoms with Crippen LogP contribution in [0.3, 0.4) is 0 Å². The van der Waals surface area contributed by atoms with Crippen LogP contribution in [0, 0.1) is 10.8 Å². The number of hydrogen-bond donors (Lipinski definition) is 3. The van der Waals surface area contributed by atoms with E-state index in [1.807, 2.05) is 13.8 Å². The third kappa shape index (κ3) is 9.86. The van der Waals surface area contributed by atoms with E-state index < -0.39 is 16.9 Å². The van der Waals surface area contributed by atoms with Crippen molar-refractivity contribution in [2.24, 2.45) is 10.8 Å². The van der Waals surface area contributed by atoms with Gasteiger partial charge in [-0.05, 0) is 76.9 Å². The maximum absolute atomic E-state index is 12.7. The second-order valence-corrected chi connectivity index (χ2v) is 15.4. The zero-order valence-corrected chi connectivity index (χ0v) is 33.9. The van der Waals surface area contributed by atoms with E-state index in [0.717, 1.165) is 0 Å². The van der Waals surface area contributed by atoms with Crippen molar-refractivity contribution >= 4 is 58.4 Å². The highest BCUT2D eigenvalue weighted by atomic mass is 16.5. The lowest BCUT2D eigenvalue weighted by Gasteiger charge is -2.20. The van der Waals surface area contributed by atoms with Crippen LogP contribution in [0.25, 0.3) is 0 Å². The molecule has 2 aliphatic carbocycles. The predicted octanol–water partition coefficient (Wildman–Crippen LogP) is 7.33. The minimum Gasteiger partial charge on any atom is -0.465 e. The Hall–Kier alpha value is -6.76. The van der Waals surface area contributed by atoms with E-state index in [0.29, 0.717) is 57.6 Å². The molecule has 2 aliphatic rings. The first-order valence-corrected chi connectivity index (χ1v) is 19.3. The van der Waals surface area contributed by atoms with Crippen LogP contribution in [-0.2, 0) is 23.9 Å². The Morgan fingerprint density at radius 2 is 0.881 bits per heavy atom. The van der Waals surface area contributed by atoms with E-state index in [-0.39, 0.29) is 78.3 Å². The molecule has 0 heterocycles. The van der Waals surface area contributed by atoms with Crippen molar-refractivity contribution in [1.29, 1.82) is 0 Å². The zero-order chi connectivity index (χ0) is 43.1. The molecule has 0 aliphatic heterocycles. The Kier molecular flexibility index (Phi) is 13.4. The largest absolute Gasteiger partial charge is 0.465 e. The Bertz CT molecular complexity index is 2360. The summed E-state index contributed by atoms with van der Waals surface area (Å²) in [6, 6.07) is 22.1. The number of rotatable bonds is 12. The van der Waals surface area contributed by atoms with E-state index in [9.17, 15) is 38.4 Å². The van der Waals surface area contributed by atoms with E-state index in [4.69, 9.17) is 9.47 Å². The fourth-order valence-corrected chi connectivity index (χ4v) is 5.98. The molecule has 0 spiro atoms. The minimum absolute atomic E-state index is 0.00166. The molecule has 0 radical (unpaired) electrons. The number of benzene rings is 4. The first kappa shape index (κ1) is 43.4. The number of carbonyl (C=O) groups excluding carboxylic acids is 8. The monoisotopic (exact) mass is 801 g/mol. The van der Waals surface area contributed by atoms with Crippen LogP contribution in [0.5, 0.6) is 0 Å². The van der Waals surface area contributed by atoms with Crippen molar-refractivity contribution in [3.63, 3.8) is 0 Å². The quantitative estimate of drug-likeness (QED) is 0.0834. The van der Waals surface area contributed by atoms with Crippen LogP contribution in [-0.4, -0.2) is 66.8 Å². The molecular weight excluding hydrogens is 755 g/mol. The number of ether oxygens (including phenoxy) is 2. The molecule has 306 valence electrons. The normalized spacial score (nSPS) is 12.7. The number of ketones is 4. The molecule has 0 saturated heterocycles. The number of anilines is 2. The van der Waals surface area contributed by atoms with Gasteiger partial charge in [0.15, 0.2) is 23.1 Å². The first-order valence-electron chi connectivity index (χ1n) is 19.3. The van der Waals surface area contributed by atoms with Gasteiger partial charge in [-0.15, -0.1) is 0 Å². The molecule has 4 aromatic carbocycles. The van der Waals surface area contributed by atoms with Crippen LogP contribution < -0.4 is 16.0 Å². The smallest absolute Gasteiger partial charge is 0.319 e. The van der Waals surface area contributed by atoms with E-state index in [1.165, 1.54) is 18.2 Å². The van der Waals surface area contributed by atoms with Crippen molar-refractivity contribution in [3.05, 3.63) is 129 Å². The molecule has 59 heavy (non-hydrogen) atoms. The Labute approximate surface area is 342 Å². The Morgan fingerprint density at radius 1 is 0.508 bits per heavy atom. The van der Waals surface area contributed by atoms with Gasteiger partial charge in [0.1, 0.15) is 13.2 Å². The third-order valence-electron chi connectivity index (χ3n) is 10.4. The molecule has 3 N–H and O–H groups in total. The average molecular weight is 802 g/mol. The summed E-state index contributed by atoms with van der Waals surface area (Å²) >= 11 is 0. The van der Waals surface area contributed by atoms with Crippen LogP contribution >= 0.6 is 0 Å². The summed E-state index contributed by atoms with van der Waals surface area (Å²) < 4.78 is 10.3. The molecule has 0 fully saturated rings. The summed E-state index contributed by atoms with van der Waals surface area (Å²) in [5.41, 5.74) is 2.30. The van der Waals surface area contributed by atoms with Crippen LogP contribution in [0.4, 0.5) is 16.2 Å². The molecule has 13 heteroatoms. The number of amides is 3. The first-order chi connectivity index (χ1) is 28.0. The molecule has 6 rings (SSSR count). The van der Waals surface area contributed by atoms with Crippen molar-refractivity contribution in [2.75, 3.05) is 30.4 Å². The molecule has 0 unspecified atom stereocenters. The summed E-state index contributed by atoms with van der Waals surface area (Å²) in [7, 11) is 0. The zero-order valence-electron chi connectivity index (χ0n) is 33.9. The molecule has 3 amide bonds. The van der Waals surface area contributed by atoms with Gasteiger partial charge < -0.3 is 25.4 Å². The fourth-order valence-electron chi connectivity index (χ4n) is 5.98. The molecule has 0 saturated carbocycles. The van der Waals surface area contributed by atoms with Gasteiger partial charge in [-0.2, -0.15) is 0 Å². The fraction of sp³-hybridized carbons (Fsp3) is 0.304. The van der Waals surface area contributed by atoms with Gasteiger partial charge in [-0.3, -0.25) is 33.6 Å². The number of fused-ring (bicyclic) bond motifs is 4. The SMILES string of the molecule is CCC(C)(C)C(=O)OCCC(=O)Nc1ccc2c(c1)C(=O)c1ccccc1C2=O.CCC(C)(C)C(=O)OCCNC(=O)Nc1ccc2c(c1)C(=O)c1ccccc1C2=O. The summed E-state index contributed by atoms with van der Waals surface area (Å²) in [5.74, 6) is -1.93. The Morgan fingerprint density at radius 3 is 1.31 bits per heavy atom. The second-order valence-electron chi connectivity index (χ2n) is 15.4. The lowest BCUT2D eigenvalue weighted by molar-refractivity contribution is -0.155. The third-order valence-corrected chi connectivity index (χ3v) is 10.4. The minimum atomic E-state index is -0.585. The lowest BCUT2D eigenvalue weighted by atomic mass is 9.84. The molecular formula is C46H47N3O10. The molecule has 0 bridgehead atoms. The second kappa shape index (κ2) is 18.2. The van der Waals surface area contributed by atoms with Gasteiger partial charge in [0.25, 0.3) is 0 Å². The van der Waals surface area contributed by atoms with Gasteiger partial charge in [-0.25, -0.2) is 4.79 Å². The number of carbonyl (C=O) groups is 8. The number of urea groups is 1. The maximum Gasteiger partial charge on any atom is 0.319 e. The number of hydrogen-bond acceptors (Lipinski definition) is 10. The standard InChI is InChI=1S/C23H24N2O5.C23H23NO5/c1-4-23(2,3)21(28)30-12-11-24-22(29)25-14-9-10-17-18(13-14)20(27)16-8-6-5-7-15(16)19(17)26;1-4-23(2,3)22(28)29-12-11-19(25)24-14-9-10-17-18(13-14)21(27)16-8-6-5-7-15(16)20(17)26/h5-10,13H,4,11-12H2,1-3H3,(H2,24,25,29);5-10,13H,4,11-12H2,1-3H3,(H,24,25). The molecule has 0 aromatic heterocycles. The van der Waals surface area contributed by atoms with E-state index in [1.54, 1.807) is 94.4 Å². The predicted molar refractivity (Wildman–Crippen MR) is 220 cm³/mol. The van der Waals surface area contributed by atoms with Crippen LogP contribution in [0.2, 0.25) is 0 Å². The van der Waals surface area contributed by atoms with E-state index in [2.05, 4.69) is 16.0 Å². The van der Waals surface area contributed by atoms with Gasteiger partial charge in [0.05, 0.1) is 23.8 Å². The van der Waals surface area contributed by atoms with Crippen molar-refractivity contribution in [2.45, 2.75) is 60.8 Å². The van der Waals surface area contributed by atoms with Crippen molar-refractivity contribution in [3.8, 4) is 0 Å². The van der Waals surface area contributed by atoms with Crippen molar-refractivity contribution in [1.82, 2.24) is 5.32 Å². The summed E-state index contributed by atoms with van der Waals surface area (Å²) in [6.07, 6.45) is 1.30. The number of esters is 2. The van der Waals surface area contributed by atoms with Gasteiger partial charge >= 0.3 is 18.0 Å². The topological polar surface area (TPSA) is 191 Å². The highest BCUT2D eigenvalue weighted by molar-refractivity contribution is 6.29. The summed E-state index contributed by atoms with van der Waals surface area (Å²) in [5, 5.41) is 7.90. The van der Waals surface area contributed by atoms with Crippen LogP contribution in [0.1, 0.15) is 124 Å². The molecule has 13 nitrogen and oxygen atoms in total. The highest BCUT2D eigenvalue weighted by Crippen LogP contribution is 2.31. The average Bonchev–Trinajstić information content (AvgIpc) is 3.23. The maximum atomic E-state index is 12.7. The number of nitrogens with one attached hydrogen (secondary N) is 3. The molecule has 0 atom stereocenters. The molecule has 4 aromatic rings. The lowest BCUT2D eigenvalue weighted by Crippen LogP contribution is -2.34. The van der Waals surface area contributed by atoms with Gasteiger partial charge in [0.2, 0.25) is 5.91 Å². The summed E-state index contributed by atoms with van der Waals surface area (Å²) in [4.78, 5) is 98.8.